The van der Waals surface area contributed by atoms with Crippen molar-refractivity contribution in [2.75, 3.05) is 25.0 Å². The number of hydrogen-bond donors (Lipinski definition) is 4. The fraction of sp³-hybridized carbons (Fsp3) is 0.444. The number of nitrogens with one attached hydrogen (secondary N) is 4. The van der Waals surface area contributed by atoms with Crippen LogP contribution in [-0.2, 0) is 0 Å². The molecule has 1 aromatic rings. The normalized spacial score (nSPS) is 13.9. The number of carbonyl (C=O) groups is 2. The van der Waals surface area contributed by atoms with E-state index in [0.29, 0.717) is 22.8 Å². The zero-order chi connectivity index (χ0) is 18.4. The predicted molar refractivity (Wildman–Crippen MR) is 109 cm³/mol. The number of anilines is 1. The minimum absolute atomic E-state index is 0. The highest BCUT2D eigenvalue weighted by Gasteiger charge is 2.16. The number of carbonyl (C=O) groups excluding carboxylic acids is 2. The van der Waals surface area contributed by atoms with Gasteiger partial charge in [-0.3, -0.25) is 4.79 Å². The Labute approximate surface area is 165 Å². The van der Waals surface area contributed by atoms with Gasteiger partial charge in [-0.1, -0.05) is 23.3 Å². The fourth-order valence-corrected chi connectivity index (χ4v) is 2.60. The smallest absolute Gasteiger partial charge is 0.319 e. The number of urea groups is 1. The summed E-state index contributed by atoms with van der Waals surface area (Å²) < 4.78 is 0. The summed E-state index contributed by atoms with van der Waals surface area (Å²) in [6.07, 6.45) is 3.00. The van der Waals surface area contributed by atoms with Gasteiger partial charge >= 0.3 is 6.03 Å². The molecule has 1 aromatic carbocycles. The molecule has 0 bridgehead atoms. The third kappa shape index (κ3) is 7.23. The van der Waals surface area contributed by atoms with Crippen LogP contribution >= 0.6 is 24.0 Å². The topological polar surface area (TPSA) is 82.3 Å². The second-order valence-corrected chi connectivity index (χ2v) is 7.43. The summed E-state index contributed by atoms with van der Waals surface area (Å²) in [6.45, 7) is 7.92. The molecule has 0 saturated heterocycles. The first-order valence-electron chi connectivity index (χ1n) is 8.30. The van der Waals surface area contributed by atoms with Crippen LogP contribution < -0.4 is 21.3 Å². The first kappa shape index (κ1) is 22.3. The summed E-state index contributed by atoms with van der Waals surface area (Å²) in [5.74, 6) is -0.260. The molecule has 6 nitrogen and oxygen atoms in total. The lowest BCUT2D eigenvalue weighted by molar-refractivity contribution is 0.0956. The zero-order valence-corrected chi connectivity index (χ0v) is 16.8. The van der Waals surface area contributed by atoms with Crippen LogP contribution in [0.2, 0.25) is 5.02 Å². The van der Waals surface area contributed by atoms with Crippen LogP contribution in [0, 0.1) is 0 Å². The van der Waals surface area contributed by atoms with Crippen molar-refractivity contribution in [1.29, 1.82) is 0 Å². The van der Waals surface area contributed by atoms with Crippen molar-refractivity contribution < 1.29 is 9.59 Å². The van der Waals surface area contributed by atoms with Crippen LogP contribution in [-0.4, -0.2) is 37.1 Å². The molecule has 8 heteroatoms. The van der Waals surface area contributed by atoms with Gasteiger partial charge in [0.15, 0.2) is 0 Å². The average molecular weight is 401 g/mol. The highest BCUT2D eigenvalue weighted by molar-refractivity contribution is 6.34. The first-order chi connectivity index (χ1) is 11.7. The SMILES string of the molecule is CC(C)(C)NC(=O)Nc1ccc(Cl)c(C(=O)NCC2=CCNCC2)c1.Cl. The molecule has 0 spiro atoms. The van der Waals surface area contributed by atoms with E-state index in [-0.39, 0.29) is 29.9 Å². The summed E-state index contributed by atoms with van der Waals surface area (Å²) in [5.41, 5.74) is 1.70. The number of amides is 3. The average Bonchev–Trinajstić information content (AvgIpc) is 2.53. The summed E-state index contributed by atoms with van der Waals surface area (Å²) in [6, 6.07) is 4.52. The highest BCUT2D eigenvalue weighted by atomic mass is 35.5. The van der Waals surface area contributed by atoms with Crippen LogP contribution in [0.15, 0.2) is 29.8 Å². The molecule has 0 radical (unpaired) electrons. The molecular formula is C18H26Cl2N4O2. The van der Waals surface area contributed by atoms with Gasteiger partial charge in [0.2, 0.25) is 0 Å². The molecular weight excluding hydrogens is 375 g/mol. The lowest BCUT2D eigenvalue weighted by Crippen LogP contribution is -2.43. The Morgan fingerprint density at radius 1 is 1.27 bits per heavy atom. The Bertz CT molecular complexity index is 684. The Morgan fingerprint density at radius 3 is 2.62 bits per heavy atom. The van der Waals surface area contributed by atoms with E-state index in [0.717, 1.165) is 19.5 Å². The van der Waals surface area contributed by atoms with Gasteiger partial charge in [-0.2, -0.15) is 0 Å². The number of hydrogen-bond acceptors (Lipinski definition) is 3. The van der Waals surface area contributed by atoms with Crippen molar-refractivity contribution in [2.45, 2.75) is 32.7 Å². The maximum atomic E-state index is 12.4. The molecule has 1 aliphatic heterocycles. The van der Waals surface area contributed by atoms with Crippen LogP contribution in [0.25, 0.3) is 0 Å². The molecule has 2 rings (SSSR count). The molecule has 1 aliphatic rings. The van der Waals surface area contributed by atoms with Crippen LogP contribution in [0.4, 0.5) is 10.5 Å². The van der Waals surface area contributed by atoms with Crippen molar-refractivity contribution in [3.05, 3.63) is 40.4 Å². The van der Waals surface area contributed by atoms with Crippen molar-refractivity contribution in [3.63, 3.8) is 0 Å². The summed E-state index contributed by atoms with van der Waals surface area (Å²) >= 11 is 6.14. The first-order valence-corrected chi connectivity index (χ1v) is 8.68. The summed E-state index contributed by atoms with van der Waals surface area (Å²) in [4.78, 5) is 24.4. The number of halogens is 2. The number of rotatable bonds is 4. The van der Waals surface area contributed by atoms with Crippen LogP contribution in [0.1, 0.15) is 37.6 Å². The monoisotopic (exact) mass is 400 g/mol. The largest absolute Gasteiger partial charge is 0.348 e. The quantitative estimate of drug-likeness (QED) is 0.584. The van der Waals surface area contributed by atoms with Gasteiger partial charge < -0.3 is 21.3 Å². The molecule has 4 N–H and O–H groups in total. The maximum Gasteiger partial charge on any atom is 0.319 e. The molecule has 26 heavy (non-hydrogen) atoms. The van der Waals surface area contributed by atoms with Gasteiger partial charge in [-0.25, -0.2) is 4.79 Å². The molecule has 144 valence electrons. The Morgan fingerprint density at radius 2 is 2.00 bits per heavy atom. The van der Waals surface area contributed by atoms with E-state index in [1.165, 1.54) is 5.57 Å². The molecule has 0 fully saturated rings. The van der Waals surface area contributed by atoms with Crippen LogP contribution in [0.3, 0.4) is 0 Å². The molecule has 0 unspecified atom stereocenters. The minimum Gasteiger partial charge on any atom is -0.348 e. The lowest BCUT2D eigenvalue weighted by atomic mass is 10.1. The molecule has 0 saturated carbocycles. The summed E-state index contributed by atoms with van der Waals surface area (Å²) in [7, 11) is 0. The van der Waals surface area contributed by atoms with E-state index in [2.05, 4.69) is 27.3 Å². The molecule has 1 heterocycles. The van der Waals surface area contributed by atoms with Crippen molar-refractivity contribution in [1.82, 2.24) is 16.0 Å². The van der Waals surface area contributed by atoms with Gasteiger partial charge in [0.05, 0.1) is 10.6 Å². The minimum atomic E-state index is -0.348. The number of benzene rings is 1. The second-order valence-electron chi connectivity index (χ2n) is 7.02. The van der Waals surface area contributed by atoms with Gasteiger partial charge in [-0.05, 0) is 51.9 Å². The highest BCUT2D eigenvalue weighted by Crippen LogP contribution is 2.21. The fourth-order valence-electron chi connectivity index (χ4n) is 2.40. The Balaban J connectivity index is 0.00000338. The van der Waals surface area contributed by atoms with Gasteiger partial charge in [-0.15, -0.1) is 12.4 Å². The van der Waals surface area contributed by atoms with E-state index in [1.807, 2.05) is 20.8 Å². The van der Waals surface area contributed by atoms with E-state index >= 15 is 0 Å². The van der Waals surface area contributed by atoms with Gasteiger partial charge in [0.25, 0.3) is 5.91 Å². The second kappa shape index (κ2) is 9.80. The van der Waals surface area contributed by atoms with Crippen molar-refractivity contribution in [2.24, 2.45) is 0 Å². The third-order valence-corrected chi connectivity index (χ3v) is 3.92. The maximum absolute atomic E-state index is 12.4. The zero-order valence-electron chi connectivity index (χ0n) is 15.2. The third-order valence-electron chi connectivity index (χ3n) is 3.59. The summed E-state index contributed by atoms with van der Waals surface area (Å²) in [5, 5.41) is 12.0. The predicted octanol–water partition coefficient (Wildman–Crippen LogP) is 3.33. The van der Waals surface area contributed by atoms with E-state index < -0.39 is 0 Å². The standard InChI is InChI=1S/C18H25ClN4O2.ClH/c1-18(2,3)23-17(25)22-13-4-5-15(19)14(10-13)16(24)21-11-12-6-8-20-9-7-12;/h4-6,10,20H,7-9,11H2,1-3H3,(H,21,24)(H2,22,23,25);1H. The van der Waals surface area contributed by atoms with Crippen LogP contribution in [0.5, 0.6) is 0 Å². The molecule has 0 aromatic heterocycles. The van der Waals surface area contributed by atoms with E-state index in [4.69, 9.17) is 11.6 Å². The van der Waals surface area contributed by atoms with Gasteiger partial charge in [0.1, 0.15) is 0 Å². The molecule has 0 atom stereocenters. The lowest BCUT2D eigenvalue weighted by Gasteiger charge is -2.21. The van der Waals surface area contributed by atoms with Gasteiger partial charge in [0, 0.05) is 24.3 Å². The Hall–Kier alpha value is -1.76. The Kier molecular flexibility index (Phi) is 8.40. The van der Waals surface area contributed by atoms with Crippen molar-refractivity contribution in [3.8, 4) is 0 Å². The van der Waals surface area contributed by atoms with E-state index in [1.54, 1.807) is 18.2 Å². The van der Waals surface area contributed by atoms with Crippen molar-refractivity contribution >= 4 is 41.6 Å². The molecule has 3 amide bonds. The van der Waals surface area contributed by atoms with E-state index in [9.17, 15) is 9.59 Å². The molecule has 0 aliphatic carbocycles.